The molecule has 0 aromatic heterocycles. The zero-order valence-corrected chi connectivity index (χ0v) is 11.8. The number of hydrogen-bond donors (Lipinski definition) is 0. The van der Waals surface area contributed by atoms with E-state index in [-0.39, 0.29) is 0 Å². The Labute approximate surface area is 115 Å². The number of benzene rings is 1. The first kappa shape index (κ1) is 13.7. The molecule has 0 saturated carbocycles. The van der Waals surface area contributed by atoms with Crippen molar-refractivity contribution in [2.24, 2.45) is 0 Å². The monoisotopic (exact) mass is 267 g/mol. The maximum Gasteiger partial charge on any atom is 0.118 e. The van der Waals surface area contributed by atoms with Gasteiger partial charge >= 0.3 is 0 Å². The molecule has 0 aliphatic carbocycles. The average Bonchev–Trinajstić information content (AvgIpc) is 2.85. The van der Waals surface area contributed by atoms with E-state index in [1.165, 1.54) is 24.9 Å². The highest BCUT2D eigenvalue weighted by molar-refractivity contribution is 6.17. The van der Waals surface area contributed by atoms with Gasteiger partial charge in [0.25, 0.3) is 0 Å². The minimum atomic E-state index is 0.709. The topological polar surface area (TPSA) is 12.5 Å². The quantitative estimate of drug-likeness (QED) is 0.733. The van der Waals surface area contributed by atoms with Crippen LogP contribution in [0.4, 0.5) is 0 Å². The van der Waals surface area contributed by atoms with Gasteiger partial charge in [0.05, 0.1) is 7.11 Å². The minimum Gasteiger partial charge on any atom is -0.497 e. The van der Waals surface area contributed by atoms with E-state index in [0.29, 0.717) is 6.04 Å². The number of rotatable bonds is 6. The molecule has 0 unspecified atom stereocenters. The summed E-state index contributed by atoms with van der Waals surface area (Å²) in [6, 6.07) is 9.10. The van der Waals surface area contributed by atoms with Crippen LogP contribution in [0.2, 0.25) is 0 Å². The van der Waals surface area contributed by atoms with Crippen LogP contribution in [0.1, 0.15) is 24.8 Å². The van der Waals surface area contributed by atoms with Gasteiger partial charge in [-0.25, -0.2) is 0 Å². The van der Waals surface area contributed by atoms with Crippen LogP contribution in [0.15, 0.2) is 24.3 Å². The lowest BCUT2D eigenvalue weighted by molar-refractivity contribution is 0.252. The van der Waals surface area contributed by atoms with Crippen molar-refractivity contribution < 1.29 is 4.74 Å². The fourth-order valence-corrected chi connectivity index (χ4v) is 2.96. The van der Waals surface area contributed by atoms with Crippen LogP contribution in [-0.4, -0.2) is 37.0 Å². The fraction of sp³-hybridized carbons (Fsp3) is 0.600. The maximum absolute atomic E-state index is 5.86. The smallest absolute Gasteiger partial charge is 0.118 e. The third-order valence-corrected chi connectivity index (χ3v) is 4.01. The summed E-state index contributed by atoms with van der Waals surface area (Å²) in [5.74, 6) is 1.71. The highest BCUT2D eigenvalue weighted by atomic mass is 35.5. The summed E-state index contributed by atoms with van der Waals surface area (Å²) in [5.41, 5.74) is 1.38. The van der Waals surface area contributed by atoms with Gasteiger partial charge < -0.3 is 9.64 Å². The lowest BCUT2D eigenvalue weighted by atomic mass is 10.1. The number of methoxy groups -OCH3 is 1. The molecule has 1 fully saturated rings. The summed E-state index contributed by atoms with van der Waals surface area (Å²) in [6.45, 7) is 2.38. The van der Waals surface area contributed by atoms with E-state index in [2.05, 4.69) is 17.0 Å². The second-order valence-corrected chi connectivity index (χ2v) is 5.29. The largest absolute Gasteiger partial charge is 0.497 e. The highest BCUT2D eigenvalue weighted by Crippen LogP contribution is 2.21. The molecule has 2 nitrogen and oxygen atoms in total. The van der Waals surface area contributed by atoms with Crippen LogP contribution in [0.3, 0.4) is 0 Å². The van der Waals surface area contributed by atoms with E-state index in [4.69, 9.17) is 16.3 Å². The molecule has 18 heavy (non-hydrogen) atoms. The Morgan fingerprint density at radius 3 is 2.78 bits per heavy atom. The molecule has 1 aromatic rings. The third kappa shape index (κ3) is 3.63. The van der Waals surface area contributed by atoms with E-state index in [1.54, 1.807) is 7.11 Å². The van der Waals surface area contributed by atoms with Crippen molar-refractivity contribution in [3.63, 3.8) is 0 Å². The van der Waals surface area contributed by atoms with Crippen molar-refractivity contribution in [2.75, 3.05) is 26.1 Å². The minimum absolute atomic E-state index is 0.709. The second kappa shape index (κ2) is 7.01. The van der Waals surface area contributed by atoms with Crippen LogP contribution < -0.4 is 4.74 Å². The van der Waals surface area contributed by atoms with Crippen molar-refractivity contribution in [3.8, 4) is 5.75 Å². The van der Waals surface area contributed by atoms with E-state index in [9.17, 15) is 0 Å². The molecule has 1 atom stereocenters. The van der Waals surface area contributed by atoms with Crippen LogP contribution in [0.25, 0.3) is 0 Å². The lowest BCUT2D eigenvalue weighted by Gasteiger charge is -2.23. The van der Waals surface area contributed by atoms with Gasteiger partial charge in [0.15, 0.2) is 0 Å². The zero-order chi connectivity index (χ0) is 12.8. The summed E-state index contributed by atoms with van der Waals surface area (Å²) in [7, 11) is 1.70. The molecule has 0 N–H and O–H groups in total. The SMILES string of the molecule is COc1ccc(CCN2CCC[C@H]2CCCl)cc1. The zero-order valence-electron chi connectivity index (χ0n) is 11.1. The molecule has 0 bridgehead atoms. The third-order valence-electron chi connectivity index (χ3n) is 3.79. The number of nitrogens with zero attached hydrogens (tertiary/aromatic N) is 1. The molecule has 0 spiro atoms. The Hall–Kier alpha value is -0.730. The number of ether oxygens (including phenoxy) is 1. The molecule has 1 heterocycles. The first-order valence-corrected chi connectivity index (χ1v) is 7.30. The molecule has 2 rings (SSSR count). The number of alkyl halides is 1. The van der Waals surface area contributed by atoms with E-state index in [0.717, 1.165) is 31.0 Å². The van der Waals surface area contributed by atoms with Gasteiger partial charge in [0.1, 0.15) is 5.75 Å². The van der Waals surface area contributed by atoms with Gasteiger partial charge in [-0.3, -0.25) is 0 Å². The number of hydrogen-bond acceptors (Lipinski definition) is 2. The van der Waals surface area contributed by atoms with Crippen molar-refractivity contribution in [1.29, 1.82) is 0 Å². The fourth-order valence-electron chi connectivity index (χ4n) is 2.71. The Balaban J connectivity index is 1.82. The predicted octanol–water partition coefficient (Wildman–Crippen LogP) is 3.33. The molecule has 1 aromatic carbocycles. The van der Waals surface area contributed by atoms with Crippen LogP contribution in [0, 0.1) is 0 Å². The van der Waals surface area contributed by atoms with Gasteiger partial charge in [0, 0.05) is 18.5 Å². The van der Waals surface area contributed by atoms with Gasteiger partial charge in [-0.05, 0) is 49.9 Å². The predicted molar refractivity (Wildman–Crippen MR) is 76.6 cm³/mol. The van der Waals surface area contributed by atoms with Crippen molar-refractivity contribution in [1.82, 2.24) is 4.90 Å². The highest BCUT2D eigenvalue weighted by Gasteiger charge is 2.23. The van der Waals surface area contributed by atoms with E-state index < -0.39 is 0 Å². The van der Waals surface area contributed by atoms with Crippen molar-refractivity contribution in [2.45, 2.75) is 31.7 Å². The molecular formula is C15H22ClNO. The summed E-state index contributed by atoms with van der Waals surface area (Å²) in [5, 5.41) is 0. The Morgan fingerprint density at radius 1 is 1.33 bits per heavy atom. The first-order valence-electron chi connectivity index (χ1n) is 6.76. The lowest BCUT2D eigenvalue weighted by Crippen LogP contribution is -2.31. The average molecular weight is 268 g/mol. The molecule has 1 aliphatic heterocycles. The summed E-state index contributed by atoms with van der Waals surface area (Å²) >= 11 is 5.86. The molecule has 100 valence electrons. The second-order valence-electron chi connectivity index (χ2n) is 4.91. The summed E-state index contributed by atoms with van der Waals surface area (Å²) in [4.78, 5) is 2.59. The van der Waals surface area contributed by atoms with Crippen molar-refractivity contribution in [3.05, 3.63) is 29.8 Å². The number of halogens is 1. The van der Waals surface area contributed by atoms with Crippen LogP contribution >= 0.6 is 11.6 Å². The van der Waals surface area contributed by atoms with E-state index in [1.807, 2.05) is 12.1 Å². The first-order chi connectivity index (χ1) is 8.83. The normalized spacial score (nSPS) is 20.2. The Kier molecular flexibility index (Phi) is 5.33. The molecule has 3 heteroatoms. The summed E-state index contributed by atoms with van der Waals surface area (Å²) in [6.07, 6.45) is 4.88. The van der Waals surface area contributed by atoms with E-state index >= 15 is 0 Å². The maximum atomic E-state index is 5.86. The molecule has 1 aliphatic rings. The molecular weight excluding hydrogens is 246 g/mol. The Morgan fingerprint density at radius 2 is 2.11 bits per heavy atom. The molecule has 0 radical (unpaired) electrons. The van der Waals surface area contributed by atoms with Gasteiger partial charge in [-0.15, -0.1) is 11.6 Å². The van der Waals surface area contributed by atoms with Gasteiger partial charge in [-0.2, -0.15) is 0 Å². The standard InChI is InChI=1S/C15H22ClNO/c1-18-15-6-4-13(5-7-15)9-12-17-11-2-3-14(17)8-10-16/h4-7,14H,2-3,8-12H2,1H3/t14-/m0/s1. The van der Waals surface area contributed by atoms with Gasteiger partial charge in [-0.1, -0.05) is 12.1 Å². The van der Waals surface area contributed by atoms with Gasteiger partial charge in [0.2, 0.25) is 0 Å². The van der Waals surface area contributed by atoms with Crippen molar-refractivity contribution >= 4 is 11.6 Å². The van der Waals surface area contributed by atoms with Crippen LogP contribution in [0.5, 0.6) is 5.75 Å². The molecule has 1 saturated heterocycles. The van der Waals surface area contributed by atoms with Crippen LogP contribution in [-0.2, 0) is 6.42 Å². The number of likely N-dealkylation sites (tertiary alicyclic amines) is 1. The summed E-state index contributed by atoms with van der Waals surface area (Å²) < 4.78 is 5.17. The Bertz CT molecular complexity index is 352. The molecule has 0 amide bonds.